The first-order valence-electron chi connectivity index (χ1n) is 7.72. The van der Waals surface area contributed by atoms with Gasteiger partial charge in [0.2, 0.25) is 10.9 Å². The lowest BCUT2D eigenvalue weighted by Gasteiger charge is -2.07. The number of ether oxygens (including phenoxy) is 2. The van der Waals surface area contributed by atoms with E-state index in [2.05, 4.69) is 10.1 Å². The van der Waals surface area contributed by atoms with Crippen LogP contribution in [-0.2, 0) is 14.8 Å². The van der Waals surface area contributed by atoms with E-state index in [1.54, 1.807) is 6.20 Å². The molecule has 1 aliphatic rings. The molecular weight excluding hydrogens is 380 g/mol. The van der Waals surface area contributed by atoms with Crippen LogP contribution < -0.4 is 14.2 Å². The van der Waals surface area contributed by atoms with Crippen LogP contribution >= 0.6 is 11.3 Å². The predicted octanol–water partition coefficient (Wildman–Crippen LogP) is 1.44. The van der Waals surface area contributed by atoms with E-state index < -0.39 is 15.9 Å². The highest BCUT2D eigenvalue weighted by Gasteiger charge is 2.22. The van der Waals surface area contributed by atoms with Crippen LogP contribution in [0.15, 0.2) is 28.7 Å². The van der Waals surface area contributed by atoms with Gasteiger partial charge in [0.25, 0.3) is 14.4 Å². The summed E-state index contributed by atoms with van der Waals surface area (Å²) in [4.78, 5) is 15.8. The van der Waals surface area contributed by atoms with E-state index in [1.165, 1.54) is 4.52 Å². The summed E-state index contributed by atoms with van der Waals surface area (Å²) in [5.74, 6) is 0.665. The number of nitrogens with one attached hydrogen (secondary N) is 1. The van der Waals surface area contributed by atoms with Crippen molar-refractivity contribution < 1.29 is 22.7 Å². The summed E-state index contributed by atoms with van der Waals surface area (Å²) in [5, 5.41) is 4.00. The number of amides is 1. The molecule has 2 aromatic heterocycles. The number of benzene rings is 1. The standard InChI is InChI=1S/C15H14N4O5S2/c1-9(20)18-26(21,22)15-17-19-8-11(16-14(19)25-15)10-3-4-12-13(7-10)24-6-2-5-23-12/h3-4,7-8H,2,5-6H2,1H3,(H,18,20). The highest BCUT2D eigenvalue weighted by atomic mass is 32.2. The van der Waals surface area contributed by atoms with Crippen molar-refractivity contribution in [2.75, 3.05) is 13.2 Å². The lowest BCUT2D eigenvalue weighted by Crippen LogP contribution is -2.28. The van der Waals surface area contributed by atoms with Crippen molar-refractivity contribution in [2.24, 2.45) is 0 Å². The van der Waals surface area contributed by atoms with Gasteiger partial charge < -0.3 is 9.47 Å². The molecule has 0 aliphatic carbocycles. The van der Waals surface area contributed by atoms with E-state index in [1.807, 2.05) is 22.9 Å². The first-order chi connectivity index (χ1) is 12.4. The monoisotopic (exact) mass is 394 g/mol. The number of sulfonamides is 1. The lowest BCUT2D eigenvalue weighted by molar-refractivity contribution is -0.117. The zero-order valence-electron chi connectivity index (χ0n) is 13.6. The van der Waals surface area contributed by atoms with Gasteiger partial charge in [0, 0.05) is 18.9 Å². The van der Waals surface area contributed by atoms with Gasteiger partial charge in [0.05, 0.1) is 25.1 Å². The molecule has 11 heteroatoms. The molecule has 0 bridgehead atoms. The van der Waals surface area contributed by atoms with E-state index in [0.29, 0.717) is 35.4 Å². The lowest BCUT2D eigenvalue weighted by atomic mass is 10.1. The van der Waals surface area contributed by atoms with Gasteiger partial charge in [-0.05, 0) is 18.2 Å². The minimum atomic E-state index is -3.97. The van der Waals surface area contributed by atoms with E-state index in [4.69, 9.17) is 9.47 Å². The van der Waals surface area contributed by atoms with Crippen molar-refractivity contribution in [3.8, 4) is 22.8 Å². The summed E-state index contributed by atoms with van der Waals surface area (Å²) in [7, 11) is -3.97. The van der Waals surface area contributed by atoms with Crippen LogP contribution in [0.4, 0.5) is 0 Å². The van der Waals surface area contributed by atoms with Gasteiger partial charge in [0.15, 0.2) is 11.5 Å². The molecule has 1 amide bonds. The molecule has 0 radical (unpaired) electrons. The molecule has 9 nitrogen and oxygen atoms in total. The van der Waals surface area contributed by atoms with Crippen molar-refractivity contribution in [1.82, 2.24) is 19.3 Å². The fraction of sp³-hybridized carbons (Fsp3) is 0.267. The van der Waals surface area contributed by atoms with Crippen molar-refractivity contribution >= 4 is 32.2 Å². The van der Waals surface area contributed by atoms with Crippen molar-refractivity contribution in [3.05, 3.63) is 24.4 Å². The first kappa shape index (κ1) is 16.8. The second kappa shape index (κ2) is 6.25. The third kappa shape index (κ3) is 3.10. The van der Waals surface area contributed by atoms with Crippen LogP contribution in [0.5, 0.6) is 11.5 Å². The van der Waals surface area contributed by atoms with Crippen LogP contribution in [0.1, 0.15) is 13.3 Å². The summed E-state index contributed by atoms with van der Waals surface area (Å²) in [6, 6.07) is 5.51. The Hall–Kier alpha value is -2.66. The van der Waals surface area contributed by atoms with E-state index >= 15 is 0 Å². The molecule has 4 rings (SSSR count). The maximum absolute atomic E-state index is 12.0. The van der Waals surface area contributed by atoms with Gasteiger partial charge in [-0.25, -0.2) is 14.2 Å². The third-order valence-electron chi connectivity index (χ3n) is 3.58. The number of carbonyl (C=O) groups is 1. The Balaban J connectivity index is 1.68. The molecule has 0 atom stereocenters. The van der Waals surface area contributed by atoms with Crippen molar-refractivity contribution in [2.45, 2.75) is 17.7 Å². The molecule has 26 heavy (non-hydrogen) atoms. The van der Waals surface area contributed by atoms with Gasteiger partial charge in [0.1, 0.15) is 0 Å². The number of fused-ring (bicyclic) bond motifs is 2. The smallest absolute Gasteiger partial charge is 0.293 e. The Morgan fingerprint density at radius 2 is 2.04 bits per heavy atom. The Kier molecular flexibility index (Phi) is 4.04. The summed E-state index contributed by atoms with van der Waals surface area (Å²) in [5.41, 5.74) is 1.43. The van der Waals surface area contributed by atoms with Crippen LogP contribution in [0, 0.1) is 0 Å². The molecule has 136 valence electrons. The highest BCUT2D eigenvalue weighted by molar-refractivity contribution is 7.92. The van der Waals surface area contributed by atoms with Crippen LogP contribution in [0.3, 0.4) is 0 Å². The average Bonchev–Trinajstić information content (AvgIpc) is 3.05. The van der Waals surface area contributed by atoms with Crippen LogP contribution in [0.2, 0.25) is 0 Å². The average molecular weight is 394 g/mol. The van der Waals surface area contributed by atoms with E-state index in [9.17, 15) is 13.2 Å². The van der Waals surface area contributed by atoms with E-state index in [0.717, 1.165) is 30.2 Å². The topological polar surface area (TPSA) is 112 Å². The summed E-state index contributed by atoms with van der Waals surface area (Å²) < 4.78 is 38.3. The number of aromatic nitrogens is 3. The minimum absolute atomic E-state index is 0.222. The summed E-state index contributed by atoms with van der Waals surface area (Å²) in [6.07, 6.45) is 2.44. The van der Waals surface area contributed by atoms with Gasteiger partial charge in [-0.15, -0.1) is 5.10 Å². The second-order valence-corrected chi connectivity index (χ2v) is 8.41. The van der Waals surface area contributed by atoms with E-state index in [-0.39, 0.29) is 4.34 Å². The third-order valence-corrected chi connectivity index (χ3v) is 6.30. The maximum atomic E-state index is 12.0. The fourth-order valence-electron chi connectivity index (χ4n) is 2.49. The number of rotatable bonds is 3. The molecular formula is C15H14N4O5S2. The van der Waals surface area contributed by atoms with Gasteiger partial charge >= 0.3 is 0 Å². The molecule has 1 aromatic carbocycles. The van der Waals surface area contributed by atoms with Crippen molar-refractivity contribution in [1.29, 1.82) is 0 Å². The molecule has 1 N–H and O–H groups in total. The molecule has 1 aliphatic heterocycles. The van der Waals surface area contributed by atoms with Crippen LogP contribution in [0.25, 0.3) is 16.2 Å². The number of hydrogen-bond donors (Lipinski definition) is 1. The largest absolute Gasteiger partial charge is 0.490 e. The SMILES string of the molecule is CC(=O)NS(=O)(=O)c1nn2cc(-c3ccc4c(c3)OCCCO4)nc2s1. The number of nitrogens with zero attached hydrogens (tertiary/aromatic N) is 3. The maximum Gasteiger partial charge on any atom is 0.293 e. The molecule has 3 aromatic rings. The number of carbonyl (C=O) groups excluding carboxylic acids is 1. The number of hydrogen-bond acceptors (Lipinski definition) is 8. The molecule has 0 fully saturated rings. The Bertz CT molecular complexity index is 1070. The summed E-state index contributed by atoms with van der Waals surface area (Å²) in [6.45, 7) is 2.32. The molecule has 0 saturated heterocycles. The zero-order valence-corrected chi connectivity index (χ0v) is 15.3. The molecule has 0 saturated carbocycles. The van der Waals surface area contributed by atoms with Crippen LogP contribution in [-0.4, -0.2) is 42.1 Å². The molecule has 3 heterocycles. The quantitative estimate of drug-likeness (QED) is 0.715. The summed E-state index contributed by atoms with van der Waals surface area (Å²) >= 11 is 0.876. The highest BCUT2D eigenvalue weighted by Crippen LogP contribution is 2.34. The van der Waals surface area contributed by atoms with Gasteiger partial charge in [-0.2, -0.15) is 8.42 Å². The van der Waals surface area contributed by atoms with Gasteiger partial charge in [-0.3, -0.25) is 4.79 Å². The van der Waals surface area contributed by atoms with Crippen molar-refractivity contribution in [3.63, 3.8) is 0 Å². The number of imidazole rings is 1. The zero-order chi connectivity index (χ0) is 18.3. The minimum Gasteiger partial charge on any atom is -0.490 e. The Labute approximate surface area is 152 Å². The van der Waals surface area contributed by atoms with Gasteiger partial charge in [-0.1, -0.05) is 11.3 Å². The Morgan fingerprint density at radius 1 is 1.27 bits per heavy atom. The molecule has 0 unspecified atom stereocenters. The molecule has 0 spiro atoms. The Morgan fingerprint density at radius 3 is 2.77 bits per heavy atom. The fourth-order valence-corrected chi connectivity index (χ4v) is 4.55. The normalized spacial score (nSPS) is 14.2. The first-order valence-corrected chi connectivity index (χ1v) is 10.0. The predicted molar refractivity (Wildman–Crippen MR) is 92.9 cm³/mol. The second-order valence-electron chi connectivity index (χ2n) is 5.59.